The third-order valence-corrected chi connectivity index (χ3v) is 3.51. The van der Waals surface area contributed by atoms with Crippen LogP contribution >= 0.6 is 0 Å². The lowest BCUT2D eigenvalue weighted by atomic mass is 10.1. The third kappa shape index (κ3) is 2.30. The van der Waals surface area contributed by atoms with Gasteiger partial charge in [0.05, 0.1) is 0 Å². The Labute approximate surface area is 116 Å². The maximum absolute atomic E-state index is 12.3. The Morgan fingerprint density at radius 2 is 1.75 bits per heavy atom. The van der Waals surface area contributed by atoms with Crippen LogP contribution in [-0.4, -0.2) is 15.4 Å². The summed E-state index contributed by atoms with van der Waals surface area (Å²) in [7, 11) is 0. The molecule has 20 heavy (non-hydrogen) atoms. The van der Waals surface area contributed by atoms with Crippen LogP contribution < -0.4 is 11.3 Å². The van der Waals surface area contributed by atoms with Gasteiger partial charge in [-0.1, -0.05) is 24.3 Å². The molecule has 2 N–H and O–H groups in total. The highest BCUT2D eigenvalue weighted by Crippen LogP contribution is 2.22. The monoisotopic (exact) mass is 269 g/mol. The molecular formula is C15H15N3O2. The van der Waals surface area contributed by atoms with Gasteiger partial charge in [0, 0.05) is 31.0 Å². The Balaban J connectivity index is 1.76. The fourth-order valence-corrected chi connectivity index (χ4v) is 2.43. The van der Waals surface area contributed by atoms with E-state index in [1.165, 1.54) is 34.0 Å². The number of nitrogens with two attached hydrogens (primary N) is 1. The summed E-state index contributed by atoms with van der Waals surface area (Å²) in [5.41, 5.74) is 8.23. The van der Waals surface area contributed by atoms with Crippen LogP contribution in [0.25, 0.3) is 0 Å². The van der Waals surface area contributed by atoms with Crippen LogP contribution in [0.2, 0.25) is 0 Å². The number of carbonyl (C=O) groups excluding carboxylic acids is 1. The fraction of sp³-hybridized carbons (Fsp3) is 0.200. The number of hydrogen-bond acceptors (Lipinski definition) is 3. The molecule has 0 fully saturated rings. The molecule has 102 valence electrons. The van der Waals surface area contributed by atoms with E-state index in [1.54, 1.807) is 4.90 Å². The minimum atomic E-state index is -0.218. The first-order chi connectivity index (χ1) is 9.63. The van der Waals surface area contributed by atoms with E-state index in [9.17, 15) is 9.59 Å². The number of carbonyl (C=O) groups is 1. The van der Waals surface area contributed by atoms with Crippen molar-refractivity contribution in [1.29, 1.82) is 0 Å². The van der Waals surface area contributed by atoms with Gasteiger partial charge in [-0.05, 0) is 17.2 Å². The highest BCUT2D eigenvalue weighted by atomic mass is 16.2. The van der Waals surface area contributed by atoms with E-state index in [-0.39, 0.29) is 18.0 Å². The van der Waals surface area contributed by atoms with Gasteiger partial charge in [0.25, 0.3) is 5.56 Å². The van der Waals surface area contributed by atoms with Crippen LogP contribution in [0, 0.1) is 0 Å². The number of rotatable bonds is 2. The van der Waals surface area contributed by atoms with Crippen molar-refractivity contribution in [2.45, 2.75) is 19.6 Å². The van der Waals surface area contributed by atoms with Gasteiger partial charge in [0.15, 0.2) is 0 Å². The van der Waals surface area contributed by atoms with Crippen molar-refractivity contribution in [3.63, 3.8) is 0 Å². The van der Waals surface area contributed by atoms with E-state index < -0.39 is 0 Å². The number of aromatic nitrogens is 1. The molecule has 5 nitrogen and oxygen atoms in total. The van der Waals surface area contributed by atoms with Crippen LogP contribution in [0.1, 0.15) is 11.1 Å². The molecule has 3 rings (SSSR count). The van der Waals surface area contributed by atoms with Crippen molar-refractivity contribution >= 4 is 11.6 Å². The van der Waals surface area contributed by atoms with E-state index in [0.29, 0.717) is 18.8 Å². The van der Waals surface area contributed by atoms with Crippen molar-refractivity contribution in [3.8, 4) is 0 Å². The van der Waals surface area contributed by atoms with E-state index >= 15 is 0 Å². The molecule has 1 aromatic heterocycles. The zero-order valence-corrected chi connectivity index (χ0v) is 11.0. The van der Waals surface area contributed by atoms with Gasteiger partial charge in [-0.15, -0.1) is 0 Å². The lowest BCUT2D eigenvalue weighted by molar-refractivity contribution is -0.132. The molecule has 0 saturated carbocycles. The summed E-state index contributed by atoms with van der Waals surface area (Å²) in [5.74, 6) is -0.0751. The lowest BCUT2D eigenvalue weighted by Gasteiger charge is -2.16. The summed E-state index contributed by atoms with van der Waals surface area (Å²) in [5, 5.41) is 0. The van der Waals surface area contributed by atoms with Crippen molar-refractivity contribution in [2.24, 2.45) is 0 Å². The molecule has 1 aromatic carbocycles. The van der Waals surface area contributed by atoms with Crippen LogP contribution in [-0.2, 0) is 24.4 Å². The summed E-state index contributed by atoms with van der Waals surface area (Å²) in [6.45, 7) is 1.23. The number of nitrogens with zero attached hydrogens (tertiary/aromatic N) is 2. The first kappa shape index (κ1) is 12.5. The molecule has 0 unspecified atom stereocenters. The summed E-state index contributed by atoms with van der Waals surface area (Å²) in [6.07, 6.45) is 1.50. The second-order valence-corrected chi connectivity index (χ2v) is 4.95. The highest BCUT2D eigenvalue weighted by Gasteiger charge is 2.22. The number of hydrogen-bond donors (Lipinski definition) is 1. The summed E-state index contributed by atoms with van der Waals surface area (Å²) in [6, 6.07) is 10.9. The molecule has 5 heteroatoms. The molecule has 0 aliphatic carbocycles. The predicted octanol–water partition coefficient (Wildman–Crippen LogP) is 0.973. The van der Waals surface area contributed by atoms with E-state index in [1.807, 2.05) is 24.3 Å². The van der Waals surface area contributed by atoms with Crippen LogP contribution in [0.5, 0.6) is 0 Å². The lowest BCUT2D eigenvalue weighted by Crippen LogP contribution is -2.32. The SMILES string of the molecule is Nc1ccc(=O)n(CC(=O)N2Cc3ccccc3C2)c1. The predicted molar refractivity (Wildman–Crippen MR) is 75.8 cm³/mol. The molecule has 0 bridgehead atoms. The zero-order valence-electron chi connectivity index (χ0n) is 11.0. The van der Waals surface area contributed by atoms with Crippen molar-refractivity contribution in [1.82, 2.24) is 9.47 Å². The molecular weight excluding hydrogens is 254 g/mol. The topological polar surface area (TPSA) is 68.3 Å². The Kier molecular flexibility index (Phi) is 3.02. The minimum Gasteiger partial charge on any atom is -0.398 e. The number of benzene rings is 1. The second kappa shape index (κ2) is 4.85. The number of pyridine rings is 1. The summed E-state index contributed by atoms with van der Waals surface area (Å²) in [4.78, 5) is 25.7. The normalized spacial score (nSPS) is 13.3. The first-order valence-corrected chi connectivity index (χ1v) is 6.44. The van der Waals surface area contributed by atoms with Gasteiger partial charge in [-0.3, -0.25) is 9.59 Å². The minimum absolute atomic E-state index is 0.0257. The van der Waals surface area contributed by atoms with Gasteiger partial charge in [-0.2, -0.15) is 0 Å². The van der Waals surface area contributed by atoms with E-state index in [4.69, 9.17) is 5.73 Å². The quantitative estimate of drug-likeness (QED) is 0.883. The average molecular weight is 269 g/mol. The Morgan fingerprint density at radius 1 is 1.10 bits per heavy atom. The zero-order chi connectivity index (χ0) is 14.1. The first-order valence-electron chi connectivity index (χ1n) is 6.44. The van der Waals surface area contributed by atoms with Crippen LogP contribution in [0.4, 0.5) is 5.69 Å². The number of anilines is 1. The van der Waals surface area contributed by atoms with Gasteiger partial charge in [0.1, 0.15) is 6.54 Å². The number of fused-ring (bicyclic) bond motifs is 1. The number of amides is 1. The molecule has 0 spiro atoms. The molecule has 1 aliphatic heterocycles. The largest absolute Gasteiger partial charge is 0.398 e. The van der Waals surface area contributed by atoms with Crippen LogP contribution in [0.15, 0.2) is 47.4 Å². The molecule has 1 amide bonds. The smallest absolute Gasteiger partial charge is 0.251 e. The maximum Gasteiger partial charge on any atom is 0.251 e. The Hall–Kier alpha value is -2.56. The average Bonchev–Trinajstić information content (AvgIpc) is 2.87. The van der Waals surface area contributed by atoms with Gasteiger partial charge in [-0.25, -0.2) is 0 Å². The molecule has 0 radical (unpaired) electrons. The standard InChI is InChI=1S/C15H15N3O2/c16-13-5-6-14(19)18(9-13)10-15(20)17-7-11-3-1-2-4-12(11)8-17/h1-6,9H,7-8,10,16H2. The van der Waals surface area contributed by atoms with Gasteiger partial charge < -0.3 is 15.2 Å². The van der Waals surface area contributed by atoms with Crippen molar-refractivity contribution < 1.29 is 4.79 Å². The fourth-order valence-electron chi connectivity index (χ4n) is 2.43. The van der Waals surface area contributed by atoms with E-state index in [2.05, 4.69) is 0 Å². The Bertz CT molecular complexity index is 696. The maximum atomic E-state index is 12.3. The molecule has 2 aromatic rings. The van der Waals surface area contributed by atoms with Crippen molar-refractivity contribution in [3.05, 3.63) is 64.1 Å². The molecule has 0 atom stereocenters. The summed E-state index contributed by atoms with van der Waals surface area (Å²) < 4.78 is 1.35. The third-order valence-electron chi connectivity index (χ3n) is 3.51. The molecule has 0 saturated heterocycles. The van der Waals surface area contributed by atoms with Crippen molar-refractivity contribution in [2.75, 3.05) is 5.73 Å². The Morgan fingerprint density at radius 3 is 2.40 bits per heavy atom. The van der Waals surface area contributed by atoms with E-state index in [0.717, 1.165) is 0 Å². The summed E-state index contributed by atoms with van der Waals surface area (Å²) >= 11 is 0. The molecule has 1 aliphatic rings. The molecule has 2 heterocycles. The second-order valence-electron chi connectivity index (χ2n) is 4.95. The van der Waals surface area contributed by atoms with Gasteiger partial charge in [0.2, 0.25) is 5.91 Å². The number of nitrogen functional groups attached to an aromatic ring is 1. The van der Waals surface area contributed by atoms with Gasteiger partial charge >= 0.3 is 0 Å². The highest BCUT2D eigenvalue weighted by molar-refractivity contribution is 5.76. The van der Waals surface area contributed by atoms with Crippen LogP contribution in [0.3, 0.4) is 0 Å².